The summed E-state index contributed by atoms with van der Waals surface area (Å²) in [6.45, 7) is 2.84. The van der Waals surface area contributed by atoms with E-state index in [4.69, 9.17) is 5.41 Å². The Balaban J connectivity index is 1.64. The Hall–Kier alpha value is -1.75. The van der Waals surface area contributed by atoms with Crippen LogP contribution in [0.3, 0.4) is 0 Å². The molecule has 0 saturated heterocycles. The third-order valence-electron chi connectivity index (χ3n) is 4.55. The van der Waals surface area contributed by atoms with Gasteiger partial charge in [-0.25, -0.2) is 5.43 Å². The van der Waals surface area contributed by atoms with Crippen LogP contribution in [0.4, 0.5) is 11.4 Å². The average molecular weight is 317 g/mol. The molecule has 0 radical (unpaired) electrons. The summed E-state index contributed by atoms with van der Waals surface area (Å²) in [5.74, 6) is 0.852. The minimum Gasteiger partial charge on any atom is -0.385 e. The van der Waals surface area contributed by atoms with Gasteiger partial charge in [-0.3, -0.25) is 10.4 Å². The van der Waals surface area contributed by atoms with Gasteiger partial charge in [0.2, 0.25) is 0 Å². The Kier molecular flexibility index (Phi) is 7.73. The van der Waals surface area contributed by atoms with Crippen LogP contribution in [-0.2, 0) is 0 Å². The van der Waals surface area contributed by atoms with Crippen LogP contribution in [0.5, 0.6) is 0 Å². The van der Waals surface area contributed by atoms with Crippen LogP contribution < -0.4 is 16.1 Å². The molecule has 1 aromatic rings. The molecule has 4 N–H and O–H groups in total. The van der Waals surface area contributed by atoms with E-state index >= 15 is 0 Å². The summed E-state index contributed by atoms with van der Waals surface area (Å²) in [7, 11) is 1.83. The van der Waals surface area contributed by atoms with E-state index in [0.29, 0.717) is 0 Å². The molecule has 1 saturated carbocycles. The highest BCUT2D eigenvalue weighted by molar-refractivity contribution is 5.53. The highest BCUT2D eigenvalue weighted by Gasteiger charge is 2.12. The van der Waals surface area contributed by atoms with Gasteiger partial charge in [-0.1, -0.05) is 19.3 Å². The molecule has 1 aliphatic carbocycles. The first-order chi connectivity index (χ1) is 11.3. The topological polar surface area (TPSA) is 63.2 Å². The maximum absolute atomic E-state index is 7.21. The van der Waals surface area contributed by atoms with Crippen LogP contribution in [0.2, 0.25) is 0 Å². The molecule has 128 valence electrons. The van der Waals surface area contributed by atoms with E-state index in [1.54, 1.807) is 5.01 Å². The number of hydrazine groups is 1. The van der Waals surface area contributed by atoms with Crippen molar-refractivity contribution in [1.29, 1.82) is 5.41 Å². The molecule has 2 rings (SSSR count). The van der Waals surface area contributed by atoms with Crippen LogP contribution in [-0.4, -0.2) is 38.0 Å². The van der Waals surface area contributed by atoms with E-state index in [2.05, 4.69) is 40.3 Å². The van der Waals surface area contributed by atoms with Crippen molar-refractivity contribution in [1.82, 2.24) is 10.4 Å². The van der Waals surface area contributed by atoms with E-state index in [-0.39, 0.29) is 0 Å². The van der Waals surface area contributed by atoms with Crippen molar-refractivity contribution in [2.24, 2.45) is 5.92 Å². The fourth-order valence-electron chi connectivity index (χ4n) is 3.08. The summed E-state index contributed by atoms with van der Waals surface area (Å²) in [5.41, 5.74) is 5.32. The van der Waals surface area contributed by atoms with Crippen LogP contribution in [0.15, 0.2) is 24.3 Å². The van der Waals surface area contributed by atoms with Crippen molar-refractivity contribution in [2.45, 2.75) is 38.5 Å². The molecule has 0 amide bonds. The van der Waals surface area contributed by atoms with Crippen LogP contribution in [0, 0.1) is 11.3 Å². The summed E-state index contributed by atoms with van der Waals surface area (Å²) >= 11 is 0. The second-order valence-corrected chi connectivity index (χ2v) is 6.29. The zero-order chi connectivity index (χ0) is 16.3. The largest absolute Gasteiger partial charge is 0.385 e. The summed E-state index contributed by atoms with van der Waals surface area (Å²) in [4.78, 5) is 0. The molecular formula is C18H31N5. The molecule has 1 aliphatic rings. The lowest BCUT2D eigenvalue weighted by molar-refractivity contribution is 0.346. The van der Waals surface area contributed by atoms with Crippen molar-refractivity contribution in [3.63, 3.8) is 0 Å². The third-order valence-corrected chi connectivity index (χ3v) is 4.55. The van der Waals surface area contributed by atoms with Crippen LogP contribution in [0.1, 0.15) is 38.5 Å². The molecule has 5 heteroatoms. The van der Waals surface area contributed by atoms with Crippen molar-refractivity contribution >= 4 is 17.7 Å². The summed E-state index contributed by atoms with van der Waals surface area (Å²) in [6.07, 6.45) is 9.28. The molecular weight excluding hydrogens is 286 g/mol. The average Bonchev–Trinajstić information content (AvgIpc) is 2.62. The van der Waals surface area contributed by atoms with Gasteiger partial charge in [-0.15, -0.1) is 0 Å². The first-order valence-electron chi connectivity index (χ1n) is 8.84. The normalized spacial score (nSPS) is 15.2. The van der Waals surface area contributed by atoms with Crippen LogP contribution >= 0.6 is 0 Å². The number of hydrogen-bond acceptors (Lipinski definition) is 4. The van der Waals surface area contributed by atoms with Gasteiger partial charge in [-0.05, 0) is 49.4 Å². The third kappa shape index (κ3) is 6.48. The van der Waals surface area contributed by atoms with E-state index in [1.807, 2.05) is 7.05 Å². The number of nitrogens with zero attached hydrogens (tertiary/aromatic N) is 1. The lowest BCUT2D eigenvalue weighted by Gasteiger charge is -2.22. The number of nitrogens with one attached hydrogen (secondary N) is 4. The molecule has 0 aliphatic heterocycles. The SMILES string of the molecule is CNN(C=N)CCCNc1ccc(NCC2CCCCC2)cc1. The van der Waals surface area contributed by atoms with E-state index in [1.165, 1.54) is 44.1 Å². The Morgan fingerprint density at radius 3 is 2.35 bits per heavy atom. The Morgan fingerprint density at radius 1 is 1.09 bits per heavy atom. The summed E-state index contributed by atoms with van der Waals surface area (Å²) < 4.78 is 0. The zero-order valence-corrected chi connectivity index (χ0v) is 14.3. The van der Waals surface area contributed by atoms with Crippen molar-refractivity contribution in [3.8, 4) is 0 Å². The van der Waals surface area contributed by atoms with Gasteiger partial charge < -0.3 is 10.6 Å². The highest BCUT2D eigenvalue weighted by atomic mass is 15.5. The zero-order valence-electron chi connectivity index (χ0n) is 14.3. The minimum atomic E-state index is 0.827. The first kappa shape index (κ1) is 17.6. The second-order valence-electron chi connectivity index (χ2n) is 6.29. The summed E-state index contributed by atoms with van der Waals surface area (Å²) in [5, 5.41) is 16.0. The lowest BCUT2D eigenvalue weighted by Crippen LogP contribution is -2.34. The molecule has 0 aromatic heterocycles. The van der Waals surface area contributed by atoms with Crippen molar-refractivity contribution < 1.29 is 0 Å². The number of hydrogen-bond donors (Lipinski definition) is 4. The van der Waals surface area contributed by atoms with Gasteiger partial charge in [0.25, 0.3) is 0 Å². The monoisotopic (exact) mass is 317 g/mol. The molecule has 0 atom stereocenters. The fraction of sp³-hybridized carbons (Fsp3) is 0.611. The predicted molar refractivity (Wildman–Crippen MR) is 99.2 cm³/mol. The van der Waals surface area contributed by atoms with E-state index < -0.39 is 0 Å². The first-order valence-corrected chi connectivity index (χ1v) is 8.84. The van der Waals surface area contributed by atoms with Gasteiger partial charge in [0.1, 0.15) is 0 Å². The van der Waals surface area contributed by atoms with E-state index in [9.17, 15) is 0 Å². The highest BCUT2D eigenvalue weighted by Crippen LogP contribution is 2.24. The minimum absolute atomic E-state index is 0.827. The van der Waals surface area contributed by atoms with E-state index in [0.717, 1.165) is 37.7 Å². The molecule has 1 aromatic carbocycles. The molecule has 1 fully saturated rings. The van der Waals surface area contributed by atoms with Gasteiger partial charge in [-0.2, -0.15) is 0 Å². The molecule has 0 heterocycles. The fourth-order valence-corrected chi connectivity index (χ4v) is 3.08. The molecule has 0 spiro atoms. The van der Waals surface area contributed by atoms with Crippen molar-refractivity contribution in [3.05, 3.63) is 24.3 Å². The molecule has 23 heavy (non-hydrogen) atoms. The summed E-state index contributed by atoms with van der Waals surface area (Å²) in [6, 6.07) is 8.58. The molecule has 0 unspecified atom stereocenters. The van der Waals surface area contributed by atoms with Gasteiger partial charge in [0.05, 0.1) is 6.34 Å². The van der Waals surface area contributed by atoms with Gasteiger partial charge in [0.15, 0.2) is 0 Å². The quantitative estimate of drug-likeness (QED) is 0.231. The number of rotatable bonds is 10. The second kappa shape index (κ2) is 10.1. The number of benzene rings is 1. The Morgan fingerprint density at radius 2 is 1.74 bits per heavy atom. The Bertz CT molecular complexity index is 439. The van der Waals surface area contributed by atoms with Crippen LogP contribution in [0.25, 0.3) is 0 Å². The molecule has 0 bridgehead atoms. The Labute approximate surface area is 140 Å². The number of anilines is 2. The van der Waals surface area contributed by atoms with Crippen molar-refractivity contribution in [2.75, 3.05) is 37.3 Å². The standard InChI is InChI=1S/C18H31N5/c1-20-23(15-19)13-5-12-21-17-8-10-18(11-9-17)22-14-16-6-3-2-4-7-16/h8-11,15-16,19-22H,2-7,12-14H2,1H3. The predicted octanol–water partition coefficient (Wildman–Crippen LogP) is 3.52. The smallest absolute Gasteiger partial charge is 0.0960 e. The maximum atomic E-state index is 7.21. The molecule has 5 nitrogen and oxygen atoms in total. The lowest BCUT2D eigenvalue weighted by atomic mass is 9.89. The van der Waals surface area contributed by atoms with Gasteiger partial charge >= 0.3 is 0 Å². The maximum Gasteiger partial charge on any atom is 0.0960 e. The van der Waals surface area contributed by atoms with Gasteiger partial charge in [0, 0.05) is 38.1 Å².